The highest BCUT2D eigenvalue weighted by atomic mass is 79.9. The van der Waals surface area contributed by atoms with E-state index < -0.39 is 6.10 Å². The Hall–Kier alpha value is -2.41. The van der Waals surface area contributed by atoms with Crippen LogP contribution in [0.5, 0.6) is 28.7 Å². The molecule has 0 saturated heterocycles. The number of aromatic hydroxyl groups is 1. The molecule has 1 aliphatic heterocycles. The number of carbonyl (C=O) groups excluding carboxylic acids is 1. The summed E-state index contributed by atoms with van der Waals surface area (Å²) in [6, 6.07) is 8.53. The standard InChI is InChI=1S/C21H23BrO6/c1-25-17-6-5-13(9-19(17)26-2)18-12-16(24)21-15(23)10-14(11-20(21)28-18)27-8-4-3-7-22/h5-6,9-11,18,23H,3-4,7-8,12H2,1-2H3. The number of methoxy groups -OCH3 is 2. The van der Waals surface area contributed by atoms with Crippen molar-refractivity contribution < 1.29 is 28.8 Å². The molecule has 6 nitrogen and oxygen atoms in total. The maximum absolute atomic E-state index is 12.6. The van der Waals surface area contributed by atoms with Crippen LogP contribution in [0.25, 0.3) is 0 Å². The average Bonchev–Trinajstić information content (AvgIpc) is 2.70. The Kier molecular flexibility index (Phi) is 6.67. The van der Waals surface area contributed by atoms with E-state index in [4.69, 9.17) is 18.9 Å². The second-order valence-corrected chi connectivity index (χ2v) is 7.20. The molecule has 1 aliphatic rings. The monoisotopic (exact) mass is 450 g/mol. The maximum Gasteiger partial charge on any atom is 0.174 e. The molecule has 0 amide bonds. The number of phenolic OH excluding ortho intramolecular Hbond substituents is 1. The van der Waals surface area contributed by atoms with Crippen molar-refractivity contribution in [1.82, 2.24) is 0 Å². The third kappa shape index (κ3) is 4.35. The fraction of sp³-hybridized carbons (Fsp3) is 0.381. The molecule has 0 bridgehead atoms. The van der Waals surface area contributed by atoms with Gasteiger partial charge in [0.05, 0.1) is 27.2 Å². The highest BCUT2D eigenvalue weighted by Gasteiger charge is 2.31. The number of ketones is 1. The van der Waals surface area contributed by atoms with Crippen LogP contribution in [0.4, 0.5) is 0 Å². The van der Waals surface area contributed by atoms with Crippen molar-refractivity contribution in [2.75, 3.05) is 26.2 Å². The number of unbranched alkanes of at least 4 members (excludes halogenated alkanes) is 1. The number of fused-ring (bicyclic) bond motifs is 1. The van der Waals surface area contributed by atoms with E-state index >= 15 is 0 Å². The number of ether oxygens (including phenoxy) is 4. The van der Waals surface area contributed by atoms with Gasteiger partial charge in [-0.15, -0.1) is 0 Å². The molecule has 1 heterocycles. The molecule has 0 saturated carbocycles. The zero-order chi connectivity index (χ0) is 20.1. The van der Waals surface area contributed by atoms with E-state index in [9.17, 15) is 9.90 Å². The summed E-state index contributed by atoms with van der Waals surface area (Å²) in [6.07, 6.45) is 1.52. The summed E-state index contributed by atoms with van der Waals surface area (Å²) in [4.78, 5) is 12.6. The molecule has 150 valence electrons. The van der Waals surface area contributed by atoms with Crippen LogP contribution < -0.4 is 18.9 Å². The summed E-state index contributed by atoms with van der Waals surface area (Å²) in [7, 11) is 3.12. The molecular formula is C21H23BrO6. The molecule has 28 heavy (non-hydrogen) atoms. The van der Waals surface area contributed by atoms with E-state index in [0.29, 0.717) is 29.6 Å². The summed E-state index contributed by atoms with van der Waals surface area (Å²) in [5.41, 5.74) is 0.990. The number of carbonyl (C=O) groups is 1. The van der Waals surface area contributed by atoms with Crippen molar-refractivity contribution in [3.8, 4) is 28.7 Å². The van der Waals surface area contributed by atoms with E-state index in [1.54, 1.807) is 32.4 Å². The van der Waals surface area contributed by atoms with Crippen LogP contribution in [0.1, 0.15) is 41.3 Å². The predicted octanol–water partition coefficient (Wildman–Crippen LogP) is 4.67. The highest BCUT2D eigenvalue weighted by molar-refractivity contribution is 9.09. The molecule has 0 fully saturated rings. The van der Waals surface area contributed by atoms with Crippen LogP contribution in [0.2, 0.25) is 0 Å². The molecular weight excluding hydrogens is 428 g/mol. The van der Waals surface area contributed by atoms with Crippen molar-refractivity contribution in [1.29, 1.82) is 0 Å². The molecule has 1 atom stereocenters. The van der Waals surface area contributed by atoms with Crippen LogP contribution in [0.3, 0.4) is 0 Å². The molecule has 0 aromatic heterocycles. The van der Waals surface area contributed by atoms with Crippen LogP contribution in [0, 0.1) is 0 Å². The molecule has 0 spiro atoms. The summed E-state index contributed by atoms with van der Waals surface area (Å²) in [5.74, 6) is 1.67. The molecule has 7 heteroatoms. The predicted molar refractivity (Wildman–Crippen MR) is 108 cm³/mol. The third-order valence-electron chi connectivity index (χ3n) is 4.55. The summed E-state index contributed by atoms with van der Waals surface area (Å²) < 4.78 is 22.3. The lowest BCUT2D eigenvalue weighted by Gasteiger charge is -2.27. The largest absolute Gasteiger partial charge is 0.507 e. The van der Waals surface area contributed by atoms with E-state index in [0.717, 1.165) is 23.7 Å². The summed E-state index contributed by atoms with van der Waals surface area (Å²) >= 11 is 3.38. The van der Waals surface area contributed by atoms with Crippen LogP contribution in [0.15, 0.2) is 30.3 Å². The second-order valence-electron chi connectivity index (χ2n) is 6.41. The first-order valence-corrected chi connectivity index (χ1v) is 10.2. The van der Waals surface area contributed by atoms with Gasteiger partial charge in [-0.2, -0.15) is 0 Å². The van der Waals surface area contributed by atoms with Crippen LogP contribution >= 0.6 is 15.9 Å². The number of halogens is 1. The molecule has 0 radical (unpaired) electrons. The minimum Gasteiger partial charge on any atom is -0.507 e. The van der Waals surface area contributed by atoms with E-state index in [1.165, 1.54) is 6.07 Å². The topological polar surface area (TPSA) is 74.2 Å². The Morgan fingerprint density at radius 3 is 2.64 bits per heavy atom. The number of phenols is 1. The average molecular weight is 451 g/mol. The van der Waals surface area contributed by atoms with Gasteiger partial charge >= 0.3 is 0 Å². The van der Waals surface area contributed by atoms with Gasteiger partial charge in [0.1, 0.15) is 28.9 Å². The van der Waals surface area contributed by atoms with Crippen LogP contribution in [-0.4, -0.2) is 37.0 Å². The third-order valence-corrected chi connectivity index (χ3v) is 5.11. The van der Waals surface area contributed by atoms with E-state index in [-0.39, 0.29) is 23.5 Å². The van der Waals surface area contributed by atoms with Gasteiger partial charge in [-0.3, -0.25) is 4.79 Å². The van der Waals surface area contributed by atoms with Crippen molar-refractivity contribution >= 4 is 21.7 Å². The van der Waals surface area contributed by atoms with Crippen molar-refractivity contribution in [3.05, 3.63) is 41.5 Å². The minimum atomic E-state index is -0.483. The zero-order valence-corrected chi connectivity index (χ0v) is 17.5. The van der Waals surface area contributed by atoms with Gasteiger partial charge < -0.3 is 24.1 Å². The summed E-state index contributed by atoms with van der Waals surface area (Å²) in [6.45, 7) is 0.525. The number of alkyl halides is 1. The van der Waals surface area contributed by atoms with Gasteiger partial charge in [0.15, 0.2) is 17.3 Å². The van der Waals surface area contributed by atoms with Crippen molar-refractivity contribution in [2.45, 2.75) is 25.4 Å². The molecule has 1 N–H and O–H groups in total. The molecule has 2 aromatic rings. The van der Waals surface area contributed by atoms with E-state index in [2.05, 4.69) is 15.9 Å². The Bertz CT molecular complexity index is 851. The van der Waals surface area contributed by atoms with E-state index in [1.807, 2.05) is 6.07 Å². The minimum absolute atomic E-state index is 0.122. The Labute approximate surface area is 172 Å². The van der Waals surface area contributed by atoms with Crippen LogP contribution in [-0.2, 0) is 0 Å². The maximum atomic E-state index is 12.6. The van der Waals surface area contributed by atoms with Gasteiger partial charge in [-0.25, -0.2) is 0 Å². The van der Waals surface area contributed by atoms with Gasteiger partial charge in [0.25, 0.3) is 0 Å². The quantitative estimate of drug-likeness (QED) is 0.465. The number of hydrogen-bond donors (Lipinski definition) is 1. The second kappa shape index (κ2) is 9.19. The summed E-state index contributed by atoms with van der Waals surface area (Å²) in [5, 5.41) is 11.2. The molecule has 0 aliphatic carbocycles. The number of hydrogen-bond acceptors (Lipinski definition) is 6. The number of Topliss-reactive ketones (excluding diaryl/α,β-unsaturated/α-hetero) is 1. The lowest BCUT2D eigenvalue weighted by Crippen LogP contribution is -2.20. The normalized spacial score (nSPS) is 15.5. The smallest absolute Gasteiger partial charge is 0.174 e. The Balaban J connectivity index is 1.84. The fourth-order valence-corrected chi connectivity index (χ4v) is 3.52. The molecule has 2 aromatic carbocycles. The highest BCUT2D eigenvalue weighted by Crippen LogP contribution is 2.43. The SMILES string of the molecule is COc1ccc(C2CC(=O)c3c(O)cc(OCCCCBr)cc3O2)cc1OC. The number of benzene rings is 2. The van der Waals surface area contributed by atoms with Crippen molar-refractivity contribution in [3.63, 3.8) is 0 Å². The Morgan fingerprint density at radius 2 is 1.93 bits per heavy atom. The lowest BCUT2D eigenvalue weighted by atomic mass is 9.95. The first-order valence-electron chi connectivity index (χ1n) is 9.05. The lowest BCUT2D eigenvalue weighted by molar-refractivity contribution is 0.0844. The van der Waals surface area contributed by atoms with Gasteiger partial charge in [-0.1, -0.05) is 22.0 Å². The Morgan fingerprint density at radius 1 is 1.14 bits per heavy atom. The van der Waals surface area contributed by atoms with Crippen molar-refractivity contribution in [2.24, 2.45) is 0 Å². The first-order chi connectivity index (χ1) is 13.6. The zero-order valence-electron chi connectivity index (χ0n) is 15.9. The van der Waals surface area contributed by atoms with Gasteiger partial charge in [-0.05, 0) is 30.5 Å². The molecule has 3 rings (SSSR count). The van der Waals surface area contributed by atoms with Gasteiger partial charge in [0, 0.05) is 17.5 Å². The fourth-order valence-electron chi connectivity index (χ4n) is 3.12. The molecule has 1 unspecified atom stereocenters. The van der Waals surface area contributed by atoms with Gasteiger partial charge in [0.2, 0.25) is 0 Å². The number of rotatable bonds is 8. The first kappa shape index (κ1) is 20.3.